The van der Waals surface area contributed by atoms with Gasteiger partial charge in [-0.05, 0) is 83.5 Å². The predicted octanol–water partition coefficient (Wildman–Crippen LogP) is 10.4. The number of phosphoric ester groups is 1. The highest BCUT2D eigenvalue weighted by atomic mass is 31.2. The van der Waals surface area contributed by atoms with E-state index in [9.17, 15) is 29.3 Å². The molecule has 0 saturated heterocycles. The van der Waals surface area contributed by atoms with Crippen molar-refractivity contribution in [3.05, 3.63) is 85.1 Å². The number of esters is 2. The lowest BCUT2D eigenvalue weighted by Crippen LogP contribution is -2.30. The van der Waals surface area contributed by atoms with Crippen molar-refractivity contribution in [3.63, 3.8) is 0 Å². The van der Waals surface area contributed by atoms with E-state index in [-0.39, 0.29) is 12.8 Å². The molecular weight excluding hydrogens is 759 g/mol. The van der Waals surface area contributed by atoms with Crippen molar-refractivity contribution in [2.45, 2.75) is 167 Å². The quantitative estimate of drug-likeness (QED) is 0.0153. The summed E-state index contributed by atoms with van der Waals surface area (Å²) < 4.78 is 32.5. The van der Waals surface area contributed by atoms with Gasteiger partial charge >= 0.3 is 19.8 Å². The minimum Gasteiger partial charge on any atom is -0.462 e. The summed E-state index contributed by atoms with van der Waals surface area (Å²) in [6.45, 7) is 2.05. The van der Waals surface area contributed by atoms with Crippen molar-refractivity contribution in [2.75, 3.05) is 26.4 Å². The number of phosphoric acid groups is 1. The fraction of sp³-hybridized carbons (Fsp3) is 0.652. The lowest BCUT2D eigenvalue weighted by molar-refractivity contribution is -0.161. The summed E-state index contributed by atoms with van der Waals surface area (Å²) in [5.74, 6) is -1.16. The Morgan fingerprint density at radius 1 is 0.586 bits per heavy atom. The predicted molar refractivity (Wildman–Crippen MR) is 234 cm³/mol. The Bertz CT molecular complexity index is 1250. The van der Waals surface area contributed by atoms with Crippen LogP contribution in [0.1, 0.15) is 149 Å². The Hall–Kier alpha value is -2.89. The van der Waals surface area contributed by atoms with Gasteiger partial charge in [-0.2, -0.15) is 0 Å². The number of rotatable bonds is 39. The molecule has 332 valence electrons. The van der Waals surface area contributed by atoms with Crippen molar-refractivity contribution >= 4 is 19.8 Å². The monoisotopic (exact) mass is 837 g/mol. The average Bonchev–Trinajstić information content (AvgIpc) is 3.20. The van der Waals surface area contributed by atoms with Crippen LogP contribution in [0.15, 0.2) is 85.1 Å². The van der Waals surface area contributed by atoms with E-state index in [2.05, 4.69) is 79.1 Å². The standard InChI is InChI=1S/C46H77O11P/c1-3-5-7-9-11-13-15-17-18-19-20-22-24-26-28-30-32-36-46(51)57-44(41-56-58(52,53)55-39-43(49)38-47)40-54-45(50)37-33-35-42(48)34-31-29-27-25-23-21-16-14-12-10-8-6-4-2/h11-14,17-18,20-23,27,29,31,34,42-44,47-49H,3-10,15-16,19,24-26,28,30,32-33,35-41H2,1-2H3,(H,52,53)/b13-11-,14-12-,18-17-,22-20-,23-21-,29-27-,34-31+/t42-,43+,44-/m1/s1. The number of hydrogen-bond donors (Lipinski definition) is 4. The van der Waals surface area contributed by atoms with Crippen LogP contribution in [0.4, 0.5) is 0 Å². The van der Waals surface area contributed by atoms with Crippen molar-refractivity contribution < 1.29 is 52.9 Å². The first-order valence-corrected chi connectivity index (χ1v) is 23.1. The molecule has 0 rings (SSSR count). The minimum absolute atomic E-state index is 0.00347. The van der Waals surface area contributed by atoms with Gasteiger partial charge in [0.05, 0.1) is 25.9 Å². The molecule has 11 nitrogen and oxygen atoms in total. The molecule has 4 N–H and O–H groups in total. The van der Waals surface area contributed by atoms with Gasteiger partial charge in [-0.3, -0.25) is 18.6 Å². The molecule has 0 aliphatic heterocycles. The van der Waals surface area contributed by atoms with Crippen LogP contribution in [0.2, 0.25) is 0 Å². The van der Waals surface area contributed by atoms with Gasteiger partial charge in [0.1, 0.15) is 12.7 Å². The van der Waals surface area contributed by atoms with E-state index >= 15 is 0 Å². The van der Waals surface area contributed by atoms with Crippen LogP contribution in [0, 0.1) is 0 Å². The summed E-state index contributed by atoms with van der Waals surface area (Å²) in [6.07, 6.45) is 44.3. The third-order valence-electron chi connectivity index (χ3n) is 8.63. The Balaban J connectivity index is 4.56. The Kier molecular flexibility index (Phi) is 38.8. The zero-order valence-corrected chi connectivity index (χ0v) is 36.5. The van der Waals surface area contributed by atoms with Gasteiger partial charge in [0, 0.05) is 12.8 Å². The molecule has 0 aromatic heterocycles. The van der Waals surface area contributed by atoms with E-state index in [1.807, 2.05) is 12.2 Å². The number of carbonyl (C=O) groups is 2. The van der Waals surface area contributed by atoms with Gasteiger partial charge in [-0.15, -0.1) is 0 Å². The van der Waals surface area contributed by atoms with Crippen LogP contribution >= 0.6 is 7.82 Å². The van der Waals surface area contributed by atoms with Crippen molar-refractivity contribution in [2.24, 2.45) is 0 Å². The fourth-order valence-corrected chi connectivity index (χ4v) is 6.01. The lowest BCUT2D eigenvalue weighted by atomic mass is 10.1. The van der Waals surface area contributed by atoms with Gasteiger partial charge in [0.15, 0.2) is 6.10 Å². The van der Waals surface area contributed by atoms with E-state index in [0.29, 0.717) is 19.3 Å². The van der Waals surface area contributed by atoms with Gasteiger partial charge in [-0.25, -0.2) is 4.57 Å². The fourth-order valence-electron chi connectivity index (χ4n) is 5.22. The normalized spacial score (nSPS) is 15.2. The first-order valence-electron chi connectivity index (χ1n) is 21.7. The van der Waals surface area contributed by atoms with Crippen LogP contribution in [-0.2, 0) is 32.7 Å². The molecule has 0 aliphatic rings. The zero-order chi connectivity index (χ0) is 42.8. The van der Waals surface area contributed by atoms with E-state index in [0.717, 1.165) is 64.2 Å². The molecule has 58 heavy (non-hydrogen) atoms. The summed E-state index contributed by atoms with van der Waals surface area (Å²) in [5.41, 5.74) is 0. The zero-order valence-electron chi connectivity index (χ0n) is 35.6. The highest BCUT2D eigenvalue weighted by Gasteiger charge is 2.27. The highest BCUT2D eigenvalue weighted by molar-refractivity contribution is 7.47. The minimum atomic E-state index is -4.67. The molecule has 0 bridgehead atoms. The van der Waals surface area contributed by atoms with Crippen LogP contribution < -0.4 is 0 Å². The molecule has 4 atom stereocenters. The van der Waals surface area contributed by atoms with E-state index < -0.39 is 64.5 Å². The number of aliphatic hydroxyl groups is 3. The molecule has 1 unspecified atom stereocenters. The summed E-state index contributed by atoms with van der Waals surface area (Å²) in [5, 5.41) is 28.6. The largest absolute Gasteiger partial charge is 0.472 e. The first kappa shape index (κ1) is 55.1. The highest BCUT2D eigenvalue weighted by Crippen LogP contribution is 2.43. The molecule has 0 aliphatic carbocycles. The maximum Gasteiger partial charge on any atom is 0.472 e. The Morgan fingerprint density at radius 3 is 1.66 bits per heavy atom. The number of allylic oxidation sites excluding steroid dienone is 13. The molecule has 0 amide bonds. The summed E-state index contributed by atoms with van der Waals surface area (Å²) in [4.78, 5) is 35.0. The second-order valence-electron chi connectivity index (χ2n) is 14.2. The summed E-state index contributed by atoms with van der Waals surface area (Å²) in [7, 11) is -4.67. The van der Waals surface area contributed by atoms with Crippen LogP contribution in [-0.4, -0.2) is 76.9 Å². The van der Waals surface area contributed by atoms with Crippen LogP contribution in [0.5, 0.6) is 0 Å². The molecule has 0 aromatic rings. The topological polar surface area (TPSA) is 169 Å². The summed E-state index contributed by atoms with van der Waals surface area (Å²) in [6, 6.07) is 0. The third kappa shape index (κ3) is 39.9. The van der Waals surface area contributed by atoms with E-state index in [1.165, 1.54) is 38.5 Å². The number of carbonyl (C=O) groups excluding carboxylic acids is 2. The number of aliphatic hydroxyl groups excluding tert-OH is 3. The Labute approximate surface area is 350 Å². The van der Waals surface area contributed by atoms with Crippen molar-refractivity contribution in [1.29, 1.82) is 0 Å². The van der Waals surface area contributed by atoms with Crippen LogP contribution in [0.25, 0.3) is 0 Å². The second kappa shape index (κ2) is 40.9. The van der Waals surface area contributed by atoms with Crippen molar-refractivity contribution in [1.82, 2.24) is 0 Å². The number of ether oxygens (including phenoxy) is 2. The molecule has 12 heteroatoms. The second-order valence-corrected chi connectivity index (χ2v) is 15.7. The maximum atomic E-state index is 12.6. The average molecular weight is 837 g/mol. The number of hydrogen-bond acceptors (Lipinski definition) is 10. The molecule has 0 aromatic carbocycles. The first-order chi connectivity index (χ1) is 28.1. The van der Waals surface area contributed by atoms with E-state index in [1.54, 1.807) is 12.2 Å². The smallest absolute Gasteiger partial charge is 0.462 e. The van der Waals surface area contributed by atoms with Crippen molar-refractivity contribution in [3.8, 4) is 0 Å². The van der Waals surface area contributed by atoms with Gasteiger partial charge in [0.25, 0.3) is 0 Å². The molecule has 0 fully saturated rings. The molecular formula is C46H77O11P. The third-order valence-corrected chi connectivity index (χ3v) is 9.58. The molecule has 0 spiro atoms. The van der Waals surface area contributed by atoms with Crippen LogP contribution in [0.3, 0.4) is 0 Å². The lowest BCUT2D eigenvalue weighted by Gasteiger charge is -2.20. The maximum absolute atomic E-state index is 12.6. The van der Waals surface area contributed by atoms with E-state index in [4.69, 9.17) is 19.1 Å². The molecule has 0 saturated carbocycles. The summed E-state index contributed by atoms with van der Waals surface area (Å²) >= 11 is 0. The van der Waals surface area contributed by atoms with Gasteiger partial charge in [-0.1, -0.05) is 137 Å². The SMILES string of the molecule is CCCCC/C=C\C/C=C\C/C=C\C=C\[C@@H](O)CCCC(=O)OC[C@H](COP(=O)(O)OC[C@@H](O)CO)OC(=O)CCCCCC/C=C\C/C=C\C/C=C\CCCCC. The molecule has 0 heterocycles. The molecule has 0 radical (unpaired) electrons. The van der Waals surface area contributed by atoms with Gasteiger partial charge < -0.3 is 29.7 Å². The number of unbranched alkanes of at least 4 members (excludes halogenated alkanes) is 10. The van der Waals surface area contributed by atoms with Gasteiger partial charge in [0.2, 0.25) is 0 Å². The Morgan fingerprint density at radius 2 is 1.09 bits per heavy atom.